The van der Waals surface area contributed by atoms with Crippen molar-refractivity contribution in [2.75, 3.05) is 32.8 Å². The highest BCUT2D eigenvalue weighted by Gasteiger charge is 2.48. The molecule has 1 amide bonds. The van der Waals surface area contributed by atoms with Crippen molar-refractivity contribution in [1.82, 2.24) is 25.2 Å². The molecule has 1 aromatic heterocycles. The molecule has 1 spiro atoms. The highest BCUT2D eigenvalue weighted by atomic mass is 16.3. The van der Waals surface area contributed by atoms with Gasteiger partial charge in [-0.25, -0.2) is 0 Å². The summed E-state index contributed by atoms with van der Waals surface area (Å²) in [5.74, 6) is 0.223. The second-order valence-corrected chi connectivity index (χ2v) is 5.82. The van der Waals surface area contributed by atoms with E-state index in [1.54, 1.807) is 6.20 Å². The molecule has 7 heteroatoms. The van der Waals surface area contributed by atoms with Crippen LogP contribution in [0.3, 0.4) is 0 Å². The van der Waals surface area contributed by atoms with E-state index < -0.39 is 0 Å². The number of H-pyrrole nitrogens is 1. The maximum Gasteiger partial charge on any atom is 0.230 e. The third-order valence-corrected chi connectivity index (χ3v) is 4.48. The molecule has 0 bridgehead atoms. The van der Waals surface area contributed by atoms with Gasteiger partial charge in [0.1, 0.15) is 0 Å². The van der Waals surface area contributed by atoms with E-state index in [0.29, 0.717) is 6.54 Å². The van der Waals surface area contributed by atoms with Gasteiger partial charge < -0.3 is 10.0 Å². The van der Waals surface area contributed by atoms with Gasteiger partial charge in [-0.15, -0.1) is 0 Å². The fraction of sp³-hybridized carbons (Fsp3) is 0.769. The fourth-order valence-electron chi connectivity index (χ4n) is 3.49. The number of carbonyl (C=O) groups excluding carboxylic acids is 1. The first-order valence-corrected chi connectivity index (χ1v) is 7.21. The summed E-state index contributed by atoms with van der Waals surface area (Å²) in [6, 6.07) is 0. The van der Waals surface area contributed by atoms with Crippen molar-refractivity contribution in [1.29, 1.82) is 0 Å². The molecule has 3 heterocycles. The second kappa shape index (κ2) is 5.49. The van der Waals surface area contributed by atoms with Crippen LogP contribution in [0.25, 0.3) is 0 Å². The Labute approximate surface area is 117 Å². The zero-order chi connectivity index (χ0) is 14.0. The summed E-state index contributed by atoms with van der Waals surface area (Å²) in [4.78, 5) is 16.7. The van der Waals surface area contributed by atoms with Crippen molar-refractivity contribution >= 4 is 5.91 Å². The Hall–Kier alpha value is -1.47. The third kappa shape index (κ3) is 2.43. The summed E-state index contributed by atoms with van der Waals surface area (Å²) < 4.78 is 0. The Kier molecular flexibility index (Phi) is 3.71. The standard InChI is InChI=1S/C13H21N5O2/c19-7-6-18-4-1-2-13(12(18)20)3-5-17(10-13)9-11-8-14-16-15-11/h8,19H,1-7,9-10H2,(H,14,15,16)/t13-/m0/s1. The number of aliphatic hydroxyl groups is 1. The summed E-state index contributed by atoms with van der Waals surface area (Å²) >= 11 is 0. The van der Waals surface area contributed by atoms with E-state index in [-0.39, 0.29) is 17.9 Å². The molecule has 110 valence electrons. The van der Waals surface area contributed by atoms with Crippen molar-refractivity contribution in [2.45, 2.75) is 25.8 Å². The number of aliphatic hydroxyl groups excluding tert-OH is 1. The summed E-state index contributed by atoms with van der Waals surface area (Å²) in [5.41, 5.74) is 0.675. The molecule has 2 N–H and O–H groups in total. The van der Waals surface area contributed by atoms with Crippen molar-refractivity contribution in [2.24, 2.45) is 5.41 Å². The number of rotatable bonds is 4. The van der Waals surface area contributed by atoms with Crippen molar-refractivity contribution in [3.05, 3.63) is 11.9 Å². The number of carbonyl (C=O) groups is 1. The summed E-state index contributed by atoms with van der Waals surface area (Å²) in [5, 5.41) is 19.6. The van der Waals surface area contributed by atoms with Crippen LogP contribution in [-0.4, -0.2) is 69.0 Å². The van der Waals surface area contributed by atoms with E-state index in [0.717, 1.165) is 51.1 Å². The largest absolute Gasteiger partial charge is 0.395 e. The molecule has 0 saturated carbocycles. The maximum absolute atomic E-state index is 12.6. The van der Waals surface area contributed by atoms with Crippen LogP contribution in [0.1, 0.15) is 25.0 Å². The molecule has 2 aliphatic heterocycles. The maximum atomic E-state index is 12.6. The first-order valence-electron chi connectivity index (χ1n) is 7.21. The lowest BCUT2D eigenvalue weighted by molar-refractivity contribution is -0.146. The van der Waals surface area contributed by atoms with E-state index >= 15 is 0 Å². The first-order chi connectivity index (χ1) is 9.73. The van der Waals surface area contributed by atoms with Crippen LogP contribution in [0, 0.1) is 5.41 Å². The van der Waals surface area contributed by atoms with Crippen molar-refractivity contribution < 1.29 is 9.90 Å². The van der Waals surface area contributed by atoms with Gasteiger partial charge in [0.2, 0.25) is 5.91 Å². The summed E-state index contributed by atoms with van der Waals surface area (Å²) in [6.07, 6.45) is 4.63. The number of nitrogens with one attached hydrogen (secondary N) is 1. The topological polar surface area (TPSA) is 85.4 Å². The van der Waals surface area contributed by atoms with Gasteiger partial charge in [-0.3, -0.25) is 9.69 Å². The molecule has 2 fully saturated rings. The smallest absolute Gasteiger partial charge is 0.230 e. The van der Waals surface area contributed by atoms with Gasteiger partial charge in [-0.05, 0) is 25.8 Å². The van der Waals surface area contributed by atoms with E-state index in [2.05, 4.69) is 20.3 Å². The van der Waals surface area contributed by atoms with Crippen molar-refractivity contribution in [3.8, 4) is 0 Å². The Morgan fingerprint density at radius 2 is 2.30 bits per heavy atom. The number of β-amino-alcohol motifs (C(OH)–C–C–N with tert-alkyl or cyclic N) is 1. The normalized spacial score (nSPS) is 27.6. The Balaban J connectivity index is 1.66. The van der Waals surface area contributed by atoms with Gasteiger partial charge in [0.25, 0.3) is 0 Å². The van der Waals surface area contributed by atoms with Crippen LogP contribution in [0.4, 0.5) is 0 Å². The average Bonchev–Trinajstić information content (AvgIpc) is 3.07. The molecule has 0 radical (unpaired) electrons. The molecule has 7 nitrogen and oxygen atoms in total. The number of likely N-dealkylation sites (tertiary alicyclic amines) is 2. The molecular formula is C13H21N5O2. The molecule has 2 saturated heterocycles. The minimum absolute atomic E-state index is 0.0461. The Bertz CT molecular complexity index is 461. The molecule has 0 aromatic carbocycles. The van der Waals surface area contributed by atoms with Crippen LogP contribution in [-0.2, 0) is 11.3 Å². The van der Waals surface area contributed by atoms with Crippen molar-refractivity contribution in [3.63, 3.8) is 0 Å². The molecule has 2 aliphatic rings. The van der Waals surface area contributed by atoms with Crippen LogP contribution in [0.15, 0.2) is 6.20 Å². The van der Waals surface area contributed by atoms with Crippen LogP contribution in [0.2, 0.25) is 0 Å². The minimum Gasteiger partial charge on any atom is -0.395 e. The van der Waals surface area contributed by atoms with Gasteiger partial charge in [0, 0.05) is 26.2 Å². The quantitative estimate of drug-likeness (QED) is 0.784. The fourth-order valence-corrected chi connectivity index (χ4v) is 3.49. The predicted octanol–water partition coefficient (Wildman–Crippen LogP) is -0.388. The lowest BCUT2D eigenvalue weighted by atomic mass is 9.78. The number of aromatic nitrogens is 3. The Morgan fingerprint density at radius 1 is 1.40 bits per heavy atom. The number of hydrogen-bond acceptors (Lipinski definition) is 5. The highest BCUT2D eigenvalue weighted by molar-refractivity contribution is 5.84. The second-order valence-electron chi connectivity index (χ2n) is 5.82. The van der Waals surface area contributed by atoms with E-state index in [1.807, 2.05) is 4.90 Å². The number of nitrogens with zero attached hydrogens (tertiary/aromatic N) is 4. The van der Waals surface area contributed by atoms with Gasteiger partial charge in [-0.2, -0.15) is 15.4 Å². The number of aromatic amines is 1. The van der Waals surface area contributed by atoms with Gasteiger partial charge in [-0.1, -0.05) is 0 Å². The zero-order valence-corrected chi connectivity index (χ0v) is 11.6. The summed E-state index contributed by atoms with van der Waals surface area (Å²) in [6.45, 7) is 3.75. The van der Waals surface area contributed by atoms with Gasteiger partial charge in [0.05, 0.1) is 23.9 Å². The molecule has 20 heavy (non-hydrogen) atoms. The predicted molar refractivity (Wildman–Crippen MR) is 71.6 cm³/mol. The van der Waals surface area contributed by atoms with Crippen LogP contribution in [0.5, 0.6) is 0 Å². The molecular weight excluding hydrogens is 258 g/mol. The molecule has 1 atom stereocenters. The number of hydrogen-bond donors (Lipinski definition) is 2. The molecule has 3 rings (SSSR count). The van der Waals surface area contributed by atoms with Crippen LogP contribution < -0.4 is 0 Å². The van der Waals surface area contributed by atoms with Gasteiger partial charge >= 0.3 is 0 Å². The SMILES string of the molecule is O=C1N(CCO)CCC[C@@]12CCN(Cc1cn[nH]n1)C2. The van der Waals surface area contributed by atoms with Crippen LogP contribution >= 0.6 is 0 Å². The van der Waals surface area contributed by atoms with E-state index in [9.17, 15) is 4.79 Å². The zero-order valence-electron chi connectivity index (χ0n) is 11.6. The molecule has 1 aromatic rings. The minimum atomic E-state index is -0.239. The molecule has 0 unspecified atom stereocenters. The number of amides is 1. The van der Waals surface area contributed by atoms with Gasteiger partial charge in [0.15, 0.2) is 0 Å². The van der Waals surface area contributed by atoms with E-state index in [1.165, 1.54) is 0 Å². The monoisotopic (exact) mass is 279 g/mol. The Morgan fingerprint density at radius 3 is 3.05 bits per heavy atom. The highest BCUT2D eigenvalue weighted by Crippen LogP contribution is 2.40. The third-order valence-electron chi connectivity index (χ3n) is 4.48. The first kappa shape index (κ1) is 13.5. The summed E-state index contributed by atoms with van der Waals surface area (Å²) in [7, 11) is 0. The van der Waals surface area contributed by atoms with E-state index in [4.69, 9.17) is 5.11 Å². The number of piperidine rings is 1. The average molecular weight is 279 g/mol. The lowest BCUT2D eigenvalue weighted by Gasteiger charge is -2.39. The molecule has 0 aliphatic carbocycles. The lowest BCUT2D eigenvalue weighted by Crippen LogP contribution is -2.50.